The van der Waals surface area contributed by atoms with Gasteiger partial charge < -0.3 is 23.9 Å². The van der Waals surface area contributed by atoms with E-state index in [9.17, 15) is 4.79 Å². The predicted octanol–water partition coefficient (Wildman–Crippen LogP) is 3.26. The molecule has 0 spiro atoms. The molecule has 0 unspecified atom stereocenters. The Morgan fingerprint density at radius 1 is 1.23 bits per heavy atom. The van der Waals surface area contributed by atoms with E-state index in [4.69, 9.17) is 14.0 Å². The number of amides is 1. The van der Waals surface area contributed by atoms with Crippen molar-refractivity contribution in [2.75, 3.05) is 20.4 Å². The van der Waals surface area contributed by atoms with Crippen LogP contribution in [0.3, 0.4) is 0 Å². The molecule has 1 aromatic carbocycles. The van der Waals surface area contributed by atoms with E-state index in [0.717, 1.165) is 41.9 Å². The van der Waals surface area contributed by atoms with Crippen LogP contribution in [0.1, 0.15) is 66.3 Å². The number of rotatable bonds is 8. The lowest BCUT2D eigenvalue weighted by Crippen LogP contribution is -2.49. The number of nitrogens with one attached hydrogen (secondary N) is 2. The Labute approximate surface area is 209 Å². The third kappa shape index (κ3) is 5.19. The van der Waals surface area contributed by atoms with E-state index in [1.807, 2.05) is 23.2 Å². The first-order chi connectivity index (χ1) is 16.5. The fraction of sp³-hybridized carbons (Fsp3) is 0.615. The highest BCUT2D eigenvalue weighted by Crippen LogP contribution is 2.37. The van der Waals surface area contributed by atoms with Crippen LogP contribution < -0.4 is 10.8 Å². The maximum Gasteiger partial charge on any atom is 0.494 e. The molecule has 0 bridgehead atoms. The van der Waals surface area contributed by atoms with E-state index in [2.05, 4.69) is 69.0 Å². The first-order valence-corrected chi connectivity index (χ1v) is 12.6. The Bertz CT molecular complexity index is 1000. The second kappa shape index (κ2) is 10.0. The number of methoxy groups -OCH3 is 1. The zero-order chi connectivity index (χ0) is 25.4. The fourth-order valence-electron chi connectivity index (χ4n) is 4.73. The van der Waals surface area contributed by atoms with E-state index in [0.29, 0.717) is 6.73 Å². The van der Waals surface area contributed by atoms with Crippen LogP contribution in [0.2, 0.25) is 0 Å². The summed E-state index contributed by atoms with van der Waals surface area (Å²) in [6.07, 6.45) is 3.71. The number of imidazole rings is 1. The van der Waals surface area contributed by atoms with Crippen LogP contribution in [0.4, 0.5) is 0 Å². The molecule has 0 radical (unpaired) electrons. The second-order valence-electron chi connectivity index (χ2n) is 10.9. The molecule has 35 heavy (non-hydrogen) atoms. The van der Waals surface area contributed by atoms with Gasteiger partial charge >= 0.3 is 7.12 Å². The smallest absolute Gasteiger partial charge is 0.399 e. The van der Waals surface area contributed by atoms with Crippen molar-refractivity contribution in [3.05, 3.63) is 36.3 Å². The predicted molar refractivity (Wildman–Crippen MR) is 137 cm³/mol. The van der Waals surface area contributed by atoms with Crippen molar-refractivity contribution in [3.63, 3.8) is 0 Å². The van der Waals surface area contributed by atoms with Gasteiger partial charge in [0.2, 0.25) is 5.91 Å². The molecular weight excluding hydrogens is 443 g/mol. The van der Waals surface area contributed by atoms with E-state index in [-0.39, 0.29) is 42.2 Å². The lowest BCUT2D eigenvalue weighted by Gasteiger charge is -2.32. The highest BCUT2D eigenvalue weighted by Gasteiger charge is 2.51. The lowest BCUT2D eigenvalue weighted by molar-refractivity contribution is -0.136. The van der Waals surface area contributed by atoms with Gasteiger partial charge in [0.1, 0.15) is 5.82 Å². The Hall–Kier alpha value is -2.20. The zero-order valence-electron chi connectivity index (χ0n) is 22.1. The summed E-state index contributed by atoms with van der Waals surface area (Å²) in [6.45, 7) is 13.4. The number of carbonyl (C=O) groups is 1. The summed E-state index contributed by atoms with van der Waals surface area (Å²) < 4.78 is 17.5. The molecule has 2 aromatic rings. The van der Waals surface area contributed by atoms with Crippen LogP contribution in [-0.2, 0) is 18.8 Å². The van der Waals surface area contributed by atoms with Crippen LogP contribution in [0, 0.1) is 5.92 Å². The van der Waals surface area contributed by atoms with Crippen LogP contribution >= 0.6 is 0 Å². The van der Waals surface area contributed by atoms with Gasteiger partial charge in [0.15, 0.2) is 0 Å². The van der Waals surface area contributed by atoms with Crippen molar-refractivity contribution < 1.29 is 18.8 Å². The number of hydrogen-bond donors (Lipinski definition) is 2. The molecule has 4 rings (SSSR count). The summed E-state index contributed by atoms with van der Waals surface area (Å²) in [5.74, 6) is 1.09. The molecule has 9 heteroatoms. The molecule has 0 saturated carbocycles. The van der Waals surface area contributed by atoms with Crippen molar-refractivity contribution in [2.24, 2.45) is 5.92 Å². The van der Waals surface area contributed by atoms with Gasteiger partial charge in [-0.2, -0.15) is 0 Å². The van der Waals surface area contributed by atoms with Crippen molar-refractivity contribution in [3.8, 4) is 11.3 Å². The van der Waals surface area contributed by atoms with Gasteiger partial charge in [0, 0.05) is 13.7 Å². The number of carbonyl (C=O) groups excluding carboxylic acids is 1. The Kier molecular flexibility index (Phi) is 7.43. The standard InChI is InChI=1S/C26H39BN4O4/c1-17(2)22(29-16-33-7)24(32)31-14-8-9-21(31)23-28-15-20(30-23)18-10-12-19(13-11-18)27-34-25(3,4)26(5,6)35-27/h10-13,15,17,21-22,29H,8-9,14,16H2,1-7H3,(H,28,30)/t21-,22-/m0/s1. The maximum atomic E-state index is 13.4. The zero-order valence-corrected chi connectivity index (χ0v) is 22.1. The molecule has 2 atom stereocenters. The topological polar surface area (TPSA) is 88.7 Å². The highest BCUT2D eigenvalue weighted by atomic mass is 16.7. The van der Waals surface area contributed by atoms with Crippen LogP contribution in [0.15, 0.2) is 30.5 Å². The second-order valence-corrected chi connectivity index (χ2v) is 10.9. The molecule has 2 N–H and O–H groups in total. The first-order valence-electron chi connectivity index (χ1n) is 12.6. The van der Waals surface area contributed by atoms with Crippen molar-refractivity contribution in [1.82, 2.24) is 20.2 Å². The molecule has 190 valence electrons. The molecule has 3 heterocycles. The summed E-state index contributed by atoms with van der Waals surface area (Å²) in [7, 11) is 1.24. The van der Waals surface area contributed by atoms with Gasteiger partial charge in [-0.05, 0) is 57.5 Å². The molecule has 1 aromatic heterocycles. The monoisotopic (exact) mass is 482 g/mol. The van der Waals surface area contributed by atoms with Gasteiger partial charge in [-0.15, -0.1) is 0 Å². The molecule has 2 aliphatic heterocycles. The molecule has 2 fully saturated rings. The number of hydrogen-bond acceptors (Lipinski definition) is 6. The van der Waals surface area contributed by atoms with Crippen LogP contribution in [0.25, 0.3) is 11.3 Å². The van der Waals surface area contributed by atoms with E-state index in [1.54, 1.807) is 7.11 Å². The summed E-state index contributed by atoms with van der Waals surface area (Å²) in [6, 6.07) is 7.85. The molecule has 2 aliphatic rings. The van der Waals surface area contributed by atoms with Crippen molar-refractivity contribution in [2.45, 2.75) is 77.7 Å². The van der Waals surface area contributed by atoms with Crippen molar-refractivity contribution >= 4 is 18.5 Å². The van der Waals surface area contributed by atoms with E-state index < -0.39 is 0 Å². The van der Waals surface area contributed by atoms with Crippen LogP contribution in [0.5, 0.6) is 0 Å². The third-order valence-corrected chi connectivity index (χ3v) is 7.57. The summed E-state index contributed by atoms with van der Waals surface area (Å²) >= 11 is 0. The summed E-state index contributed by atoms with van der Waals surface area (Å²) in [5.41, 5.74) is 2.21. The minimum Gasteiger partial charge on any atom is -0.399 e. The number of ether oxygens (including phenoxy) is 1. The molecular formula is C26H39BN4O4. The van der Waals surface area contributed by atoms with Gasteiger partial charge in [-0.3, -0.25) is 10.1 Å². The molecule has 1 amide bonds. The largest absolute Gasteiger partial charge is 0.494 e. The number of aromatic nitrogens is 2. The minimum atomic E-state index is -0.384. The number of aromatic amines is 1. The highest BCUT2D eigenvalue weighted by molar-refractivity contribution is 6.62. The Morgan fingerprint density at radius 3 is 2.49 bits per heavy atom. The Balaban J connectivity index is 1.47. The van der Waals surface area contributed by atoms with Gasteiger partial charge in [0.05, 0.1) is 41.9 Å². The Morgan fingerprint density at radius 2 is 1.89 bits per heavy atom. The number of H-pyrrole nitrogens is 1. The van der Waals surface area contributed by atoms with Crippen LogP contribution in [-0.4, -0.2) is 65.5 Å². The normalized spacial score (nSPS) is 22.2. The van der Waals surface area contributed by atoms with Crippen molar-refractivity contribution in [1.29, 1.82) is 0 Å². The number of likely N-dealkylation sites (tertiary alicyclic amines) is 1. The molecule has 0 aliphatic carbocycles. The lowest BCUT2D eigenvalue weighted by atomic mass is 9.79. The minimum absolute atomic E-state index is 0.0501. The van der Waals surface area contributed by atoms with E-state index >= 15 is 0 Å². The van der Waals surface area contributed by atoms with Gasteiger partial charge in [-0.25, -0.2) is 4.98 Å². The average molecular weight is 482 g/mol. The number of nitrogens with zero attached hydrogens (tertiary/aromatic N) is 2. The quantitative estimate of drug-likeness (QED) is 0.444. The number of benzene rings is 1. The molecule has 8 nitrogen and oxygen atoms in total. The van der Waals surface area contributed by atoms with Gasteiger partial charge in [-0.1, -0.05) is 38.1 Å². The fourth-order valence-corrected chi connectivity index (χ4v) is 4.73. The summed E-state index contributed by atoms with van der Waals surface area (Å²) in [5, 5.41) is 3.22. The SMILES string of the molecule is COCN[C@H](C(=O)N1CCC[C@H]1c1ncc(-c2ccc(B3OC(C)(C)C(C)(C)O3)cc2)[nH]1)C(C)C. The average Bonchev–Trinajstić information content (AvgIpc) is 3.52. The van der Waals surface area contributed by atoms with E-state index in [1.165, 1.54) is 0 Å². The third-order valence-electron chi connectivity index (χ3n) is 7.57. The first kappa shape index (κ1) is 25.9. The maximum absolute atomic E-state index is 13.4. The molecule has 2 saturated heterocycles. The summed E-state index contributed by atoms with van der Waals surface area (Å²) in [4.78, 5) is 23.4. The van der Waals surface area contributed by atoms with Gasteiger partial charge in [0.25, 0.3) is 0 Å².